The van der Waals surface area contributed by atoms with Gasteiger partial charge in [0, 0.05) is 10.6 Å². The minimum atomic E-state index is -0.525. The highest BCUT2D eigenvalue weighted by Gasteiger charge is 2.22. The number of fused-ring (bicyclic) bond motifs is 1. The van der Waals surface area contributed by atoms with Crippen molar-refractivity contribution in [3.05, 3.63) is 58.1 Å². The molecule has 0 fully saturated rings. The molecule has 0 atom stereocenters. The van der Waals surface area contributed by atoms with Gasteiger partial charge in [-0.05, 0) is 51.1 Å². The summed E-state index contributed by atoms with van der Waals surface area (Å²) in [6.07, 6.45) is 0. The molecule has 0 aliphatic heterocycles. The quantitative estimate of drug-likeness (QED) is 0.506. The molecule has 3 amide bonds. The number of carbonyl (C=O) groups excluding carboxylic acids is 3. The zero-order valence-electron chi connectivity index (χ0n) is 17.8. The molecule has 0 radical (unpaired) electrons. The predicted octanol–water partition coefficient (Wildman–Crippen LogP) is 3.58. The molecule has 32 heavy (non-hydrogen) atoms. The second kappa shape index (κ2) is 9.58. The third-order valence-corrected chi connectivity index (χ3v) is 5.06. The van der Waals surface area contributed by atoms with Crippen LogP contribution in [0.3, 0.4) is 0 Å². The molecule has 3 rings (SSSR count). The highest BCUT2D eigenvalue weighted by atomic mass is 35.5. The number of anilines is 1. The van der Waals surface area contributed by atoms with Gasteiger partial charge >= 0.3 is 0 Å². The number of benzene rings is 2. The molecule has 168 valence electrons. The maximum absolute atomic E-state index is 12.4. The Bertz CT molecular complexity index is 1180. The van der Waals surface area contributed by atoms with Crippen LogP contribution in [0.1, 0.15) is 31.1 Å². The minimum absolute atomic E-state index is 0.177. The van der Waals surface area contributed by atoms with Gasteiger partial charge in [-0.2, -0.15) is 0 Å². The van der Waals surface area contributed by atoms with Gasteiger partial charge in [0.05, 0.1) is 34.7 Å². The first-order valence-electron chi connectivity index (χ1n) is 9.84. The second-order valence-electron chi connectivity index (χ2n) is 8.06. The van der Waals surface area contributed by atoms with Gasteiger partial charge in [0.2, 0.25) is 17.8 Å². The van der Waals surface area contributed by atoms with Gasteiger partial charge < -0.3 is 15.2 Å². The molecule has 1 heterocycles. The Morgan fingerprint density at radius 3 is 2.34 bits per heavy atom. The number of hydrogen-bond acceptors (Lipinski definition) is 4. The minimum Gasteiger partial charge on any atom is -0.345 e. The van der Waals surface area contributed by atoms with E-state index in [4.69, 9.17) is 23.2 Å². The first-order valence-corrected chi connectivity index (χ1v) is 10.6. The summed E-state index contributed by atoms with van der Waals surface area (Å²) in [6, 6.07) is 12.0. The molecule has 3 aromatic rings. The maximum atomic E-state index is 12.4. The van der Waals surface area contributed by atoms with Gasteiger partial charge in [0.15, 0.2) is 0 Å². The van der Waals surface area contributed by atoms with Crippen molar-refractivity contribution >= 4 is 57.9 Å². The summed E-state index contributed by atoms with van der Waals surface area (Å²) in [5.41, 5.74) is 1.52. The van der Waals surface area contributed by atoms with E-state index in [9.17, 15) is 14.4 Å². The number of para-hydroxylation sites is 2. The van der Waals surface area contributed by atoms with Crippen LogP contribution in [0.25, 0.3) is 11.0 Å². The summed E-state index contributed by atoms with van der Waals surface area (Å²) in [4.78, 5) is 41.1. The monoisotopic (exact) mass is 475 g/mol. The summed E-state index contributed by atoms with van der Waals surface area (Å²) < 4.78 is 1.93. The summed E-state index contributed by atoms with van der Waals surface area (Å²) in [5.74, 6) is -1.09. The van der Waals surface area contributed by atoms with Crippen LogP contribution < -0.4 is 16.0 Å². The summed E-state index contributed by atoms with van der Waals surface area (Å²) >= 11 is 11.8. The van der Waals surface area contributed by atoms with E-state index < -0.39 is 17.7 Å². The Morgan fingerprint density at radius 1 is 0.969 bits per heavy atom. The normalized spacial score (nSPS) is 11.3. The number of imidazole rings is 1. The zero-order valence-corrected chi connectivity index (χ0v) is 19.3. The highest BCUT2D eigenvalue weighted by molar-refractivity contribution is 6.36. The Balaban J connectivity index is 1.56. The number of nitrogens with zero attached hydrogens (tertiary/aromatic N) is 2. The molecule has 0 unspecified atom stereocenters. The molecule has 0 saturated heterocycles. The van der Waals surface area contributed by atoms with E-state index in [0.29, 0.717) is 11.0 Å². The van der Waals surface area contributed by atoms with Crippen molar-refractivity contribution in [3.63, 3.8) is 0 Å². The fraction of sp³-hybridized carbons (Fsp3) is 0.273. The van der Waals surface area contributed by atoms with Gasteiger partial charge in [-0.3, -0.25) is 19.7 Å². The lowest BCUT2D eigenvalue weighted by atomic mass is 10.1. The summed E-state index contributed by atoms with van der Waals surface area (Å²) in [7, 11) is 0. The van der Waals surface area contributed by atoms with Crippen LogP contribution in [0.4, 0.5) is 5.95 Å². The average Bonchev–Trinajstić information content (AvgIpc) is 3.08. The van der Waals surface area contributed by atoms with Gasteiger partial charge in [0.25, 0.3) is 5.91 Å². The van der Waals surface area contributed by atoms with Crippen molar-refractivity contribution in [1.82, 2.24) is 20.2 Å². The molecule has 10 heteroatoms. The van der Waals surface area contributed by atoms with E-state index >= 15 is 0 Å². The first kappa shape index (κ1) is 23.6. The van der Waals surface area contributed by atoms with Crippen LogP contribution in [0.15, 0.2) is 42.5 Å². The Labute approximate surface area is 195 Å². The van der Waals surface area contributed by atoms with E-state index in [0.717, 1.165) is 11.0 Å². The lowest BCUT2D eigenvalue weighted by molar-refractivity contribution is -0.123. The molecule has 0 bridgehead atoms. The molecule has 0 spiro atoms. The maximum Gasteiger partial charge on any atom is 0.253 e. The van der Waals surface area contributed by atoms with Crippen molar-refractivity contribution in [2.24, 2.45) is 0 Å². The molecular weight excluding hydrogens is 453 g/mol. The van der Waals surface area contributed by atoms with Crippen LogP contribution in [-0.2, 0) is 15.1 Å². The van der Waals surface area contributed by atoms with Crippen LogP contribution in [0, 0.1) is 0 Å². The molecule has 8 nitrogen and oxygen atoms in total. The largest absolute Gasteiger partial charge is 0.345 e. The third kappa shape index (κ3) is 5.57. The number of hydrogen-bond donors (Lipinski definition) is 3. The number of rotatable bonds is 6. The standard InChI is InChI=1S/C22H23Cl2N5O3/c1-22(2,3)29-17-7-5-4-6-16(17)27-21(29)28-19(31)12-25-18(30)11-26-20(32)14-9-8-13(23)10-15(14)24/h4-10H,11-12H2,1-3H3,(H,25,30)(H,26,32)(H,27,28,31). The van der Waals surface area contributed by atoms with Crippen molar-refractivity contribution in [3.8, 4) is 0 Å². The van der Waals surface area contributed by atoms with Crippen LogP contribution in [0.5, 0.6) is 0 Å². The lowest BCUT2D eigenvalue weighted by Crippen LogP contribution is -2.40. The highest BCUT2D eigenvalue weighted by Crippen LogP contribution is 2.27. The van der Waals surface area contributed by atoms with E-state index in [-0.39, 0.29) is 29.2 Å². The Morgan fingerprint density at radius 2 is 1.66 bits per heavy atom. The van der Waals surface area contributed by atoms with Crippen LogP contribution in [-0.4, -0.2) is 40.4 Å². The fourth-order valence-electron chi connectivity index (χ4n) is 3.13. The van der Waals surface area contributed by atoms with E-state index in [2.05, 4.69) is 20.9 Å². The number of carbonyl (C=O) groups is 3. The van der Waals surface area contributed by atoms with Crippen LogP contribution in [0.2, 0.25) is 10.0 Å². The average molecular weight is 476 g/mol. The number of halogens is 2. The van der Waals surface area contributed by atoms with Crippen molar-refractivity contribution in [2.45, 2.75) is 26.3 Å². The van der Waals surface area contributed by atoms with E-state index in [1.807, 2.05) is 49.6 Å². The topological polar surface area (TPSA) is 105 Å². The number of amides is 3. The fourth-order valence-corrected chi connectivity index (χ4v) is 3.62. The molecule has 2 aromatic carbocycles. The SMILES string of the molecule is CC(C)(C)n1c(NC(=O)CNC(=O)CNC(=O)c2ccc(Cl)cc2Cl)nc2ccccc21. The zero-order chi connectivity index (χ0) is 23.5. The van der Waals surface area contributed by atoms with Crippen molar-refractivity contribution in [1.29, 1.82) is 0 Å². The molecule has 0 aliphatic carbocycles. The van der Waals surface area contributed by atoms with Gasteiger partial charge in [-0.25, -0.2) is 4.98 Å². The van der Waals surface area contributed by atoms with E-state index in [1.165, 1.54) is 18.2 Å². The van der Waals surface area contributed by atoms with Gasteiger partial charge in [-0.1, -0.05) is 35.3 Å². The smallest absolute Gasteiger partial charge is 0.253 e. The van der Waals surface area contributed by atoms with Crippen LogP contribution >= 0.6 is 23.2 Å². The lowest BCUT2D eigenvalue weighted by Gasteiger charge is -2.24. The van der Waals surface area contributed by atoms with Crippen molar-refractivity contribution < 1.29 is 14.4 Å². The Kier molecular flexibility index (Phi) is 7.06. The number of aromatic nitrogens is 2. The first-order chi connectivity index (χ1) is 15.1. The predicted molar refractivity (Wildman–Crippen MR) is 125 cm³/mol. The molecule has 0 saturated carbocycles. The van der Waals surface area contributed by atoms with Gasteiger partial charge in [-0.15, -0.1) is 0 Å². The third-order valence-electron chi connectivity index (χ3n) is 4.51. The molecule has 1 aromatic heterocycles. The summed E-state index contributed by atoms with van der Waals surface area (Å²) in [6.45, 7) is 5.44. The summed E-state index contributed by atoms with van der Waals surface area (Å²) in [5, 5.41) is 8.24. The number of nitrogens with one attached hydrogen (secondary N) is 3. The molecule has 0 aliphatic rings. The second-order valence-corrected chi connectivity index (χ2v) is 8.91. The molecular formula is C22H23Cl2N5O3. The molecule has 3 N–H and O–H groups in total. The van der Waals surface area contributed by atoms with Gasteiger partial charge in [0.1, 0.15) is 0 Å². The van der Waals surface area contributed by atoms with Crippen molar-refractivity contribution in [2.75, 3.05) is 18.4 Å². The van der Waals surface area contributed by atoms with E-state index in [1.54, 1.807) is 0 Å². The Hall–Kier alpha value is -3.10.